The molecular weight excluding hydrogens is 150 g/mol. The minimum absolute atomic E-state index is 0.280. The number of hydrogen-bond acceptors (Lipinski definition) is 2. The van der Waals surface area contributed by atoms with Crippen molar-refractivity contribution in [3.8, 4) is 0 Å². The SMILES string of the molecule is NCC(CCO)C1CC=CCC1. The molecule has 0 bridgehead atoms. The molecule has 2 unspecified atom stereocenters. The van der Waals surface area contributed by atoms with Gasteiger partial charge >= 0.3 is 0 Å². The third-order valence-electron chi connectivity index (χ3n) is 2.78. The molecule has 0 aromatic heterocycles. The summed E-state index contributed by atoms with van der Waals surface area (Å²) < 4.78 is 0. The highest BCUT2D eigenvalue weighted by Gasteiger charge is 2.19. The number of rotatable bonds is 4. The molecule has 0 aliphatic heterocycles. The van der Waals surface area contributed by atoms with E-state index in [-0.39, 0.29) is 6.61 Å². The van der Waals surface area contributed by atoms with Crippen LogP contribution in [-0.4, -0.2) is 18.3 Å². The van der Waals surface area contributed by atoms with E-state index in [1.54, 1.807) is 0 Å². The first kappa shape index (κ1) is 9.75. The molecule has 2 nitrogen and oxygen atoms in total. The summed E-state index contributed by atoms with van der Waals surface area (Å²) in [6.07, 6.45) is 8.94. The van der Waals surface area contributed by atoms with Gasteiger partial charge in [0.2, 0.25) is 0 Å². The molecule has 0 saturated carbocycles. The van der Waals surface area contributed by atoms with Gasteiger partial charge in [-0.15, -0.1) is 0 Å². The topological polar surface area (TPSA) is 46.2 Å². The Labute approximate surface area is 74.5 Å². The normalized spacial score (nSPS) is 25.7. The molecule has 2 atom stereocenters. The molecule has 12 heavy (non-hydrogen) atoms. The number of hydrogen-bond donors (Lipinski definition) is 2. The molecule has 0 aromatic rings. The van der Waals surface area contributed by atoms with Gasteiger partial charge in [-0.3, -0.25) is 0 Å². The predicted molar refractivity (Wildman–Crippen MR) is 50.7 cm³/mol. The van der Waals surface area contributed by atoms with Crippen molar-refractivity contribution < 1.29 is 5.11 Å². The lowest BCUT2D eigenvalue weighted by Crippen LogP contribution is -2.25. The van der Waals surface area contributed by atoms with Gasteiger partial charge in [-0.25, -0.2) is 0 Å². The zero-order valence-electron chi connectivity index (χ0n) is 7.58. The van der Waals surface area contributed by atoms with E-state index in [0.717, 1.165) is 19.4 Å². The van der Waals surface area contributed by atoms with Gasteiger partial charge in [0.15, 0.2) is 0 Å². The van der Waals surface area contributed by atoms with Crippen molar-refractivity contribution in [1.82, 2.24) is 0 Å². The Morgan fingerprint density at radius 1 is 1.50 bits per heavy atom. The molecule has 0 radical (unpaired) electrons. The molecule has 3 N–H and O–H groups in total. The van der Waals surface area contributed by atoms with Crippen LogP contribution in [-0.2, 0) is 0 Å². The Hall–Kier alpha value is -0.340. The van der Waals surface area contributed by atoms with Gasteiger partial charge in [0.1, 0.15) is 0 Å². The lowest BCUT2D eigenvalue weighted by Gasteiger charge is -2.26. The second-order valence-electron chi connectivity index (χ2n) is 3.55. The van der Waals surface area contributed by atoms with E-state index >= 15 is 0 Å². The van der Waals surface area contributed by atoms with Crippen LogP contribution in [0.3, 0.4) is 0 Å². The predicted octanol–water partition coefficient (Wildman–Crippen LogP) is 1.30. The molecule has 2 heteroatoms. The van der Waals surface area contributed by atoms with E-state index in [1.165, 1.54) is 12.8 Å². The van der Waals surface area contributed by atoms with Crippen LogP contribution >= 0.6 is 0 Å². The third kappa shape index (κ3) is 2.61. The Kier molecular flexibility index (Phi) is 4.33. The minimum atomic E-state index is 0.280. The van der Waals surface area contributed by atoms with Crippen molar-refractivity contribution >= 4 is 0 Å². The van der Waals surface area contributed by atoms with E-state index in [9.17, 15) is 0 Å². The van der Waals surface area contributed by atoms with Gasteiger partial charge < -0.3 is 10.8 Å². The summed E-state index contributed by atoms with van der Waals surface area (Å²) in [6, 6.07) is 0. The quantitative estimate of drug-likeness (QED) is 0.623. The van der Waals surface area contributed by atoms with Crippen molar-refractivity contribution in [1.29, 1.82) is 0 Å². The molecule has 0 amide bonds. The molecule has 1 rings (SSSR count). The van der Waals surface area contributed by atoms with Crippen LogP contribution in [0.25, 0.3) is 0 Å². The molecule has 1 aliphatic carbocycles. The summed E-state index contributed by atoms with van der Waals surface area (Å²) >= 11 is 0. The van der Waals surface area contributed by atoms with Crippen molar-refractivity contribution in [2.24, 2.45) is 17.6 Å². The first-order chi connectivity index (χ1) is 5.88. The maximum atomic E-state index is 8.82. The number of aliphatic hydroxyl groups excluding tert-OH is 1. The van der Waals surface area contributed by atoms with Crippen LogP contribution in [0.1, 0.15) is 25.7 Å². The zero-order chi connectivity index (χ0) is 8.81. The summed E-state index contributed by atoms with van der Waals surface area (Å²) in [4.78, 5) is 0. The Morgan fingerprint density at radius 2 is 2.33 bits per heavy atom. The molecule has 0 heterocycles. The van der Waals surface area contributed by atoms with Gasteiger partial charge in [0, 0.05) is 6.61 Å². The molecule has 70 valence electrons. The second kappa shape index (κ2) is 5.33. The highest BCUT2D eigenvalue weighted by molar-refractivity contribution is 4.92. The van der Waals surface area contributed by atoms with Crippen molar-refractivity contribution in [3.63, 3.8) is 0 Å². The lowest BCUT2D eigenvalue weighted by atomic mass is 9.81. The zero-order valence-corrected chi connectivity index (χ0v) is 7.58. The standard InChI is InChI=1S/C10H19NO/c11-8-10(6-7-12)9-4-2-1-3-5-9/h1-2,9-10,12H,3-8,11H2. The Morgan fingerprint density at radius 3 is 2.83 bits per heavy atom. The fraction of sp³-hybridized carbons (Fsp3) is 0.800. The average molecular weight is 169 g/mol. The summed E-state index contributed by atoms with van der Waals surface area (Å²) in [6.45, 7) is 1.00. The third-order valence-corrected chi connectivity index (χ3v) is 2.78. The van der Waals surface area contributed by atoms with Crippen LogP contribution in [0.4, 0.5) is 0 Å². The van der Waals surface area contributed by atoms with Crippen LogP contribution in [0.15, 0.2) is 12.2 Å². The summed E-state index contributed by atoms with van der Waals surface area (Å²) in [7, 11) is 0. The van der Waals surface area contributed by atoms with Gasteiger partial charge in [0.25, 0.3) is 0 Å². The first-order valence-corrected chi connectivity index (χ1v) is 4.84. The molecule has 0 saturated heterocycles. The maximum absolute atomic E-state index is 8.82. The van der Waals surface area contributed by atoms with Gasteiger partial charge in [-0.1, -0.05) is 12.2 Å². The Balaban J connectivity index is 2.36. The molecule has 0 aromatic carbocycles. The summed E-state index contributed by atoms with van der Waals surface area (Å²) in [5.74, 6) is 1.24. The van der Waals surface area contributed by atoms with Crippen LogP contribution < -0.4 is 5.73 Å². The molecule has 0 spiro atoms. The fourth-order valence-electron chi connectivity index (χ4n) is 1.96. The van der Waals surface area contributed by atoms with E-state index in [1.807, 2.05) is 0 Å². The number of allylic oxidation sites excluding steroid dienone is 2. The molecule has 1 aliphatic rings. The van der Waals surface area contributed by atoms with Crippen LogP contribution in [0.5, 0.6) is 0 Å². The van der Waals surface area contributed by atoms with E-state index in [0.29, 0.717) is 11.8 Å². The Bertz CT molecular complexity index is 145. The van der Waals surface area contributed by atoms with Crippen LogP contribution in [0, 0.1) is 11.8 Å². The summed E-state index contributed by atoms with van der Waals surface area (Å²) in [5.41, 5.74) is 5.65. The van der Waals surface area contributed by atoms with Crippen molar-refractivity contribution in [3.05, 3.63) is 12.2 Å². The van der Waals surface area contributed by atoms with E-state index in [4.69, 9.17) is 10.8 Å². The average Bonchev–Trinajstić information content (AvgIpc) is 2.15. The van der Waals surface area contributed by atoms with Crippen molar-refractivity contribution in [2.75, 3.05) is 13.2 Å². The molecule has 0 fully saturated rings. The largest absolute Gasteiger partial charge is 0.396 e. The minimum Gasteiger partial charge on any atom is -0.396 e. The molecular formula is C10H19NO. The first-order valence-electron chi connectivity index (χ1n) is 4.84. The smallest absolute Gasteiger partial charge is 0.0434 e. The fourth-order valence-corrected chi connectivity index (χ4v) is 1.96. The van der Waals surface area contributed by atoms with Gasteiger partial charge in [-0.05, 0) is 44.1 Å². The highest BCUT2D eigenvalue weighted by atomic mass is 16.3. The van der Waals surface area contributed by atoms with E-state index < -0.39 is 0 Å². The van der Waals surface area contributed by atoms with Crippen LogP contribution in [0.2, 0.25) is 0 Å². The number of aliphatic hydroxyl groups is 1. The highest BCUT2D eigenvalue weighted by Crippen LogP contribution is 2.27. The van der Waals surface area contributed by atoms with Gasteiger partial charge in [0.05, 0.1) is 0 Å². The van der Waals surface area contributed by atoms with E-state index in [2.05, 4.69) is 12.2 Å². The van der Waals surface area contributed by atoms with Crippen molar-refractivity contribution in [2.45, 2.75) is 25.7 Å². The summed E-state index contributed by atoms with van der Waals surface area (Å²) in [5, 5.41) is 8.82. The maximum Gasteiger partial charge on any atom is 0.0434 e. The van der Waals surface area contributed by atoms with Gasteiger partial charge in [-0.2, -0.15) is 0 Å². The number of nitrogens with two attached hydrogens (primary N) is 1. The lowest BCUT2D eigenvalue weighted by molar-refractivity contribution is 0.214. The second-order valence-corrected chi connectivity index (χ2v) is 3.55. The monoisotopic (exact) mass is 169 g/mol.